The summed E-state index contributed by atoms with van der Waals surface area (Å²) >= 11 is 0. The lowest BCUT2D eigenvalue weighted by Gasteiger charge is -2.37. The summed E-state index contributed by atoms with van der Waals surface area (Å²) in [7, 11) is 1.75. The Kier molecular flexibility index (Phi) is 9.43. The van der Waals surface area contributed by atoms with Crippen LogP contribution in [0.15, 0.2) is 36.8 Å². The minimum atomic E-state index is -0.401. The number of carbonyl (C=O) groups is 2. The molecule has 0 spiro atoms. The van der Waals surface area contributed by atoms with Gasteiger partial charge in [-0.25, -0.2) is 4.98 Å². The number of nitrogens with zero attached hydrogens (tertiary/aromatic N) is 4. The molecule has 36 heavy (non-hydrogen) atoms. The van der Waals surface area contributed by atoms with E-state index in [4.69, 9.17) is 4.74 Å². The van der Waals surface area contributed by atoms with Crippen molar-refractivity contribution in [2.24, 2.45) is 11.8 Å². The number of ether oxygens (including phenoxy) is 1. The Morgan fingerprint density at radius 3 is 2.69 bits per heavy atom. The first-order chi connectivity index (χ1) is 17.2. The van der Waals surface area contributed by atoms with Gasteiger partial charge in [0.1, 0.15) is 11.7 Å². The van der Waals surface area contributed by atoms with Gasteiger partial charge >= 0.3 is 0 Å². The minimum absolute atomic E-state index is 0.0420. The van der Waals surface area contributed by atoms with E-state index in [1.807, 2.05) is 26.0 Å². The van der Waals surface area contributed by atoms with Crippen LogP contribution in [0, 0.1) is 23.7 Å². The second-order valence-corrected chi connectivity index (χ2v) is 9.91. The molecule has 2 aromatic rings. The molecule has 1 N–H and O–H groups in total. The molecule has 0 saturated carbocycles. The molecule has 2 aromatic heterocycles. The van der Waals surface area contributed by atoms with Crippen LogP contribution in [0.25, 0.3) is 0 Å². The predicted octanol–water partition coefficient (Wildman–Crippen LogP) is 2.80. The van der Waals surface area contributed by atoms with Gasteiger partial charge in [-0.1, -0.05) is 32.6 Å². The molecule has 2 amide bonds. The quantitative estimate of drug-likeness (QED) is 0.597. The van der Waals surface area contributed by atoms with Crippen molar-refractivity contribution < 1.29 is 19.4 Å². The lowest BCUT2D eigenvalue weighted by Crippen LogP contribution is -2.50. The SMILES string of the molecule is CC(C)CC#Cc1cnc2c(c1)C(=O)N([C@@H](C)CO)C[C@H](C)[C@H](CN(C)C(=O)Cc1ccncc1)O2. The maximum absolute atomic E-state index is 13.5. The van der Waals surface area contributed by atoms with Crippen molar-refractivity contribution in [1.82, 2.24) is 19.8 Å². The van der Waals surface area contributed by atoms with E-state index in [1.165, 1.54) is 0 Å². The van der Waals surface area contributed by atoms with Gasteiger partial charge in [0, 0.05) is 50.1 Å². The van der Waals surface area contributed by atoms with E-state index in [0.29, 0.717) is 30.1 Å². The van der Waals surface area contributed by atoms with Crippen molar-refractivity contribution in [3.05, 3.63) is 53.5 Å². The highest BCUT2D eigenvalue weighted by atomic mass is 16.5. The second kappa shape index (κ2) is 12.5. The van der Waals surface area contributed by atoms with Crippen molar-refractivity contribution in [1.29, 1.82) is 0 Å². The predicted molar refractivity (Wildman–Crippen MR) is 137 cm³/mol. The van der Waals surface area contributed by atoms with Gasteiger partial charge in [0.15, 0.2) is 0 Å². The molecule has 0 unspecified atom stereocenters. The van der Waals surface area contributed by atoms with Crippen LogP contribution in [0.1, 0.15) is 55.6 Å². The Balaban J connectivity index is 1.87. The molecule has 1 aliphatic rings. The highest BCUT2D eigenvalue weighted by Gasteiger charge is 2.34. The molecule has 0 bridgehead atoms. The summed E-state index contributed by atoms with van der Waals surface area (Å²) in [6.07, 6.45) is 5.55. The van der Waals surface area contributed by atoms with Gasteiger partial charge in [0.2, 0.25) is 11.8 Å². The highest BCUT2D eigenvalue weighted by Crippen LogP contribution is 2.27. The Bertz CT molecular complexity index is 1110. The van der Waals surface area contributed by atoms with Crippen molar-refractivity contribution in [3.8, 4) is 17.7 Å². The second-order valence-electron chi connectivity index (χ2n) is 9.91. The fourth-order valence-electron chi connectivity index (χ4n) is 3.93. The minimum Gasteiger partial charge on any atom is -0.472 e. The first-order valence-corrected chi connectivity index (χ1v) is 12.4. The first kappa shape index (κ1) is 27.2. The van der Waals surface area contributed by atoms with Gasteiger partial charge < -0.3 is 19.6 Å². The number of amides is 2. The van der Waals surface area contributed by atoms with E-state index in [0.717, 1.165) is 12.0 Å². The molecular weight excluding hydrogens is 456 g/mol. The average Bonchev–Trinajstić information content (AvgIpc) is 2.86. The molecule has 3 heterocycles. The summed E-state index contributed by atoms with van der Waals surface area (Å²) in [4.78, 5) is 38.1. The third-order valence-corrected chi connectivity index (χ3v) is 6.25. The number of aliphatic hydroxyl groups is 1. The highest BCUT2D eigenvalue weighted by molar-refractivity contribution is 5.97. The maximum atomic E-state index is 13.5. The van der Waals surface area contributed by atoms with Crippen LogP contribution in [0.3, 0.4) is 0 Å². The summed E-state index contributed by atoms with van der Waals surface area (Å²) < 4.78 is 6.28. The van der Waals surface area contributed by atoms with Gasteiger partial charge in [0.25, 0.3) is 5.91 Å². The number of fused-ring (bicyclic) bond motifs is 1. The topological polar surface area (TPSA) is 95.9 Å². The smallest absolute Gasteiger partial charge is 0.259 e. The Hall–Kier alpha value is -3.44. The van der Waals surface area contributed by atoms with Crippen molar-refractivity contribution in [2.75, 3.05) is 26.7 Å². The summed E-state index contributed by atoms with van der Waals surface area (Å²) in [5.74, 6) is 6.47. The van der Waals surface area contributed by atoms with E-state index < -0.39 is 6.10 Å². The van der Waals surface area contributed by atoms with E-state index in [2.05, 4.69) is 35.7 Å². The fourth-order valence-corrected chi connectivity index (χ4v) is 3.93. The maximum Gasteiger partial charge on any atom is 0.259 e. The van der Waals surface area contributed by atoms with Gasteiger partial charge in [-0.15, -0.1) is 0 Å². The van der Waals surface area contributed by atoms with Crippen molar-refractivity contribution >= 4 is 11.8 Å². The zero-order valence-electron chi connectivity index (χ0n) is 21.8. The van der Waals surface area contributed by atoms with E-state index >= 15 is 0 Å². The molecule has 192 valence electrons. The fraction of sp³-hybridized carbons (Fsp3) is 0.500. The van der Waals surface area contributed by atoms with Crippen LogP contribution < -0.4 is 4.74 Å². The van der Waals surface area contributed by atoms with Gasteiger partial charge in [0.05, 0.1) is 25.6 Å². The summed E-state index contributed by atoms with van der Waals surface area (Å²) in [6.45, 7) is 8.53. The molecule has 0 aromatic carbocycles. The number of aliphatic hydroxyl groups excluding tert-OH is 1. The van der Waals surface area contributed by atoms with Crippen LogP contribution in [0.2, 0.25) is 0 Å². The van der Waals surface area contributed by atoms with Crippen LogP contribution >= 0.6 is 0 Å². The molecule has 3 rings (SSSR count). The Morgan fingerprint density at radius 1 is 1.31 bits per heavy atom. The lowest BCUT2D eigenvalue weighted by molar-refractivity contribution is -0.130. The Morgan fingerprint density at radius 2 is 2.03 bits per heavy atom. The first-order valence-electron chi connectivity index (χ1n) is 12.4. The molecule has 0 aliphatic carbocycles. The summed E-state index contributed by atoms with van der Waals surface area (Å²) in [6, 6.07) is 4.97. The standard InChI is InChI=1S/C28H36N4O4/c1-19(2)7-6-8-23-13-24-27(30-15-23)36-25(20(3)16-32(28(24)35)21(4)18-33)17-31(5)26(34)14-22-9-11-29-12-10-22/h9-13,15,19-21,25,33H,7,14,16-18H2,1-5H3/t20-,21-,25-/m0/s1. The summed E-state index contributed by atoms with van der Waals surface area (Å²) in [5.41, 5.74) is 1.84. The monoisotopic (exact) mass is 492 g/mol. The number of pyridine rings is 2. The number of hydrogen-bond acceptors (Lipinski definition) is 6. The van der Waals surface area contributed by atoms with Crippen LogP contribution in [-0.2, 0) is 11.2 Å². The number of carbonyl (C=O) groups excluding carboxylic acids is 2. The van der Waals surface area contributed by atoms with Crippen molar-refractivity contribution in [2.45, 2.75) is 52.7 Å². The molecule has 8 heteroatoms. The number of aromatic nitrogens is 2. The number of likely N-dealkylation sites (N-methyl/N-ethyl adjacent to an activating group) is 1. The molecule has 1 aliphatic heterocycles. The molecule has 0 saturated heterocycles. The normalized spacial score (nSPS) is 18.3. The zero-order valence-corrected chi connectivity index (χ0v) is 21.8. The average molecular weight is 493 g/mol. The van der Waals surface area contributed by atoms with Gasteiger partial charge in [-0.3, -0.25) is 14.6 Å². The van der Waals surface area contributed by atoms with E-state index in [9.17, 15) is 14.7 Å². The Labute approximate surface area is 213 Å². The lowest BCUT2D eigenvalue weighted by atomic mass is 9.99. The molecule has 0 radical (unpaired) electrons. The van der Waals surface area contributed by atoms with Crippen LogP contribution in [0.5, 0.6) is 5.88 Å². The van der Waals surface area contributed by atoms with Crippen LogP contribution in [-0.4, -0.2) is 75.6 Å². The van der Waals surface area contributed by atoms with Gasteiger partial charge in [-0.2, -0.15) is 0 Å². The summed E-state index contributed by atoms with van der Waals surface area (Å²) in [5, 5.41) is 9.83. The van der Waals surface area contributed by atoms with E-state index in [1.54, 1.807) is 41.5 Å². The molecular formula is C28H36N4O4. The van der Waals surface area contributed by atoms with Crippen LogP contribution in [0.4, 0.5) is 0 Å². The third kappa shape index (κ3) is 7.05. The zero-order chi connectivity index (χ0) is 26.2. The van der Waals surface area contributed by atoms with Gasteiger partial charge in [-0.05, 0) is 36.6 Å². The molecule has 8 nitrogen and oxygen atoms in total. The number of rotatable bonds is 7. The number of hydrogen-bond donors (Lipinski definition) is 1. The third-order valence-electron chi connectivity index (χ3n) is 6.25. The van der Waals surface area contributed by atoms with E-state index in [-0.39, 0.29) is 42.7 Å². The largest absolute Gasteiger partial charge is 0.472 e. The molecule has 3 atom stereocenters. The molecule has 0 fully saturated rings. The van der Waals surface area contributed by atoms with Crippen molar-refractivity contribution in [3.63, 3.8) is 0 Å².